The average Bonchev–Trinajstić information content (AvgIpc) is 3.41. The number of nitrogens with one attached hydrogen (secondary N) is 3. The predicted octanol–water partition coefficient (Wildman–Crippen LogP) is 4.70. The SMILES string of the molecule is CN(C)C(=O)CCc1ccccc1Cn1cnc(NC(=O)C(CCCc2ccccc2)NC(=O)C(C)(C)NC(=O)OC(C)(C)C)c1. The van der Waals surface area contributed by atoms with Gasteiger partial charge in [-0.2, -0.15) is 0 Å². The first-order valence-electron chi connectivity index (χ1n) is 15.6. The van der Waals surface area contributed by atoms with Crippen LogP contribution in [0.25, 0.3) is 0 Å². The van der Waals surface area contributed by atoms with Gasteiger partial charge in [0, 0.05) is 33.3 Å². The number of imidazole rings is 1. The largest absolute Gasteiger partial charge is 0.444 e. The number of hydrogen-bond donors (Lipinski definition) is 3. The number of nitrogens with zero attached hydrogens (tertiary/aromatic N) is 3. The molecule has 0 radical (unpaired) electrons. The van der Waals surface area contributed by atoms with E-state index in [1.165, 1.54) is 0 Å². The van der Waals surface area contributed by atoms with Crippen LogP contribution in [-0.2, 0) is 38.5 Å². The van der Waals surface area contributed by atoms with Crippen molar-refractivity contribution in [2.45, 2.75) is 90.4 Å². The minimum absolute atomic E-state index is 0.0665. The maximum absolute atomic E-state index is 13.5. The van der Waals surface area contributed by atoms with Crippen LogP contribution in [-0.4, -0.2) is 69.5 Å². The number of aromatic nitrogens is 2. The summed E-state index contributed by atoms with van der Waals surface area (Å²) >= 11 is 0. The van der Waals surface area contributed by atoms with E-state index in [0.717, 1.165) is 23.1 Å². The Morgan fingerprint density at radius 1 is 0.913 bits per heavy atom. The van der Waals surface area contributed by atoms with Crippen molar-refractivity contribution in [1.29, 1.82) is 0 Å². The number of anilines is 1. The summed E-state index contributed by atoms with van der Waals surface area (Å²) in [5.41, 5.74) is 1.18. The van der Waals surface area contributed by atoms with Crippen LogP contribution in [0.2, 0.25) is 0 Å². The number of ether oxygens (including phenoxy) is 1. The maximum Gasteiger partial charge on any atom is 0.408 e. The van der Waals surface area contributed by atoms with Gasteiger partial charge in [-0.1, -0.05) is 54.6 Å². The van der Waals surface area contributed by atoms with Crippen molar-refractivity contribution in [1.82, 2.24) is 25.1 Å². The lowest BCUT2D eigenvalue weighted by Crippen LogP contribution is -2.58. The van der Waals surface area contributed by atoms with Crippen LogP contribution in [0.4, 0.5) is 10.6 Å². The highest BCUT2D eigenvalue weighted by molar-refractivity contribution is 5.98. The molecule has 1 heterocycles. The number of carbonyl (C=O) groups is 4. The topological polar surface area (TPSA) is 135 Å². The molecule has 3 rings (SSSR count). The van der Waals surface area contributed by atoms with Gasteiger partial charge in [0.25, 0.3) is 0 Å². The molecule has 4 amide bonds. The molecule has 11 nitrogen and oxygen atoms in total. The zero-order chi connectivity index (χ0) is 33.9. The van der Waals surface area contributed by atoms with Crippen LogP contribution in [0, 0.1) is 0 Å². The van der Waals surface area contributed by atoms with Crippen molar-refractivity contribution >= 4 is 29.6 Å². The summed E-state index contributed by atoms with van der Waals surface area (Å²) in [6, 6.07) is 17.0. The molecule has 46 heavy (non-hydrogen) atoms. The van der Waals surface area contributed by atoms with E-state index in [9.17, 15) is 19.2 Å². The van der Waals surface area contributed by atoms with Crippen molar-refractivity contribution in [3.63, 3.8) is 0 Å². The van der Waals surface area contributed by atoms with Gasteiger partial charge in [-0.25, -0.2) is 9.78 Å². The van der Waals surface area contributed by atoms with E-state index in [1.807, 2.05) is 59.2 Å². The Labute approximate surface area is 272 Å². The number of amides is 4. The van der Waals surface area contributed by atoms with E-state index in [2.05, 4.69) is 20.9 Å². The lowest BCUT2D eigenvalue weighted by molar-refractivity contribution is -0.130. The zero-order valence-corrected chi connectivity index (χ0v) is 28.1. The van der Waals surface area contributed by atoms with Crippen LogP contribution < -0.4 is 16.0 Å². The lowest BCUT2D eigenvalue weighted by atomic mass is 10.0. The van der Waals surface area contributed by atoms with Gasteiger partial charge in [-0.15, -0.1) is 0 Å². The Kier molecular flexibility index (Phi) is 12.5. The Hall–Kier alpha value is -4.67. The van der Waals surface area contributed by atoms with Crippen molar-refractivity contribution < 1.29 is 23.9 Å². The summed E-state index contributed by atoms with van der Waals surface area (Å²) in [5.74, 6) is -0.522. The predicted molar refractivity (Wildman–Crippen MR) is 178 cm³/mol. The van der Waals surface area contributed by atoms with Gasteiger partial charge in [0.1, 0.15) is 17.2 Å². The normalized spacial score (nSPS) is 12.2. The van der Waals surface area contributed by atoms with Gasteiger partial charge in [0.2, 0.25) is 17.7 Å². The number of benzene rings is 2. The second kappa shape index (κ2) is 16.1. The average molecular weight is 633 g/mol. The number of alkyl carbamates (subject to hydrolysis) is 1. The summed E-state index contributed by atoms with van der Waals surface area (Å²) in [5, 5.41) is 8.27. The summed E-state index contributed by atoms with van der Waals surface area (Å²) in [7, 11) is 3.49. The van der Waals surface area contributed by atoms with Gasteiger partial charge < -0.3 is 30.2 Å². The molecule has 11 heteroatoms. The summed E-state index contributed by atoms with van der Waals surface area (Å²) in [4.78, 5) is 57.3. The molecule has 0 saturated heterocycles. The fourth-order valence-electron chi connectivity index (χ4n) is 4.72. The molecule has 0 aliphatic rings. The van der Waals surface area contributed by atoms with E-state index >= 15 is 0 Å². The van der Waals surface area contributed by atoms with Crippen LogP contribution in [0.5, 0.6) is 0 Å². The number of hydrogen-bond acceptors (Lipinski definition) is 6. The van der Waals surface area contributed by atoms with Crippen LogP contribution in [0.15, 0.2) is 67.1 Å². The van der Waals surface area contributed by atoms with E-state index in [0.29, 0.717) is 38.0 Å². The number of aryl methyl sites for hydroxylation is 2. The third-order valence-corrected chi connectivity index (χ3v) is 7.27. The Bertz CT molecular complexity index is 1480. The number of rotatable bonds is 14. The second-order valence-electron chi connectivity index (χ2n) is 13.1. The molecule has 0 fully saturated rings. The van der Waals surface area contributed by atoms with E-state index in [-0.39, 0.29) is 5.91 Å². The van der Waals surface area contributed by atoms with E-state index in [1.54, 1.807) is 66.1 Å². The van der Waals surface area contributed by atoms with Gasteiger partial charge >= 0.3 is 6.09 Å². The van der Waals surface area contributed by atoms with Crippen molar-refractivity contribution in [3.8, 4) is 0 Å². The molecule has 1 unspecified atom stereocenters. The molecule has 3 aromatic rings. The zero-order valence-electron chi connectivity index (χ0n) is 28.1. The fourth-order valence-corrected chi connectivity index (χ4v) is 4.72. The molecule has 0 bridgehead atoms. The molecular formula is C35H48N6O5. The molecule has 2 aromatic carbocycles. The fraction of sp³-hybridized carbons (Fsp3) is 0.457. The maximum atomic E-state index is 13.5. The van der Waals surface area contributed by atoms with Crippen LogP contribution in [0.1, 0.15) is 70.6 Å². The molecule has 1 aromatic heterocycles. The smallest absolute Gasteiger partial charge is 0.408 e. The standard InChI is InChI=1S/C35H48N6O5/c1-34(2,3)46-33(45)39-35(4,5)32(44)37-28(19-13-16-25-14-9-8-10-15-25)31(43)38-29-23-41(24-36-29)22-27-18-12-11-17-26(27)20-21-30(42)40(6)7/h8-12,14-15,17-18,23-24,28H,13,16,19-22H2,1-7H3,(H,37,44)(H,38,43)(H,39,45). The molecule has 0 saturated carbocycles. The highest BCUT2D eigenvalue weighted by Crippen LogP contribution is 2.16. The monoisotopic (exact) mass is 632 g/mol. The van der Waals surface area contributed by atoms with Gasteiger partial charge in [0.15, 0.2) is 5.82 Å². The first kappa shape index (κ1) is 35.8. The summed E-state index contributed by atoms with van der Waals surface area (Å²) < 4.78 is 7.18. The lowest BCUT2D eigenvalue weighted by Gasteiger charge is -2.29. The van der Waals surface area contributed by atoms with Crippen molar-refractivity contribution in [3.05, 3.63) is 83.8 Å². The molecule has 248 valence electrons. The first-order chi connectivity index (χ1) is 21.6. The number of carbonyl (C=O) groups excluding carboxylic acids is 4. The highest BCUT2D eigenvalue weighted by Gasteiger charge is 2.34. The summed E-state index contributed by atoms with van der Waals surface area (Å²) in [6.45, 7) is 8.84. The third-order valence-electron chi connectivity index (χ3n) is 7.27. The van der Waals surface area contributed by atoms with Gasteiger partial charge in [0.05, 0.1) is 6.33 Å². The van der Waals surface area contributed by atoms with Gasteiger partial charge in [-0.05, 0) is 77.0 Å². The molecule has 0 aliphatic heterocycles. The summed E-state index contributed by atoms with van der Waals surface area (Å²) in [6.07, 6.45) is 5.41. The molecule has 3 N–H and O–H groups in total. The van der Waals surface area contributed by atoms with Crippen molar-refractivity contribution in [2.24, 2.45) is 0 Å². The van der Waals surface area contributed by atoms with Crippen molar-refractivity contribution in [2.75, 3.05) is 19.4 Å². The van der Waals surface area contributed by atoms with Crippen LogP contribution in [0.3, 0.4) is 0 Å². The van der Waals surface area contributed by atoms with Crippen LogP contribution >= 0.6 is 0 Å². The molecule has 0 spiro atoms. The highest BCUT2D eigenvalue weighted by atomic mass is 16.6. The van der Waals surface area contributed by atoms with E-state index in [4.69, 9.17) is 4.74 Å². The minimum atomic E-state index is -1.34. The second-order valence-corrected chi connectivity index (χ2v) is 13.1. The Balaban J connectivity index is 1.69. The molecular weight excluding hydrogens is 584 g/mol. The van der Waals surface area contributed by atoms with E-state index < -0.39 is 35.1 Å². The quantitative estimate of drug-likeness (QED) is 0.236. The third kappa shape index (κ3) is 11.7. The molecule has 1 atom stereocenters. The van der Waals surface area contributed by atoms with Gasteiger partial charge in [-0.3, -0.25) is 14.4 Å². The first-order valence-corrected chi connectivity index (χ1v) is 15.6. The Morgan fingerprint density at radius 3 is 2.22 bits per heavy atom. The molecule has 0 aliphatic carbocycles. The minimum Gasteiger partial charge on any atom is -0.444 e. The Morgan fingerprint density at radius 2 is 1.57 bits per heavy atom.